The molecule has 0 aromatic carbocycles. The predicted molar refractivity (Wildman–Crippen MR) is 99.6 cm³/mol. The molecule has 0 aliphatic rings. The summed E-state index contributed by atoms with van der Waals surface area (Å²) >= 11 is 1.47. The number of hydrogen-bond donors (Lipinski definition) is 6. The summed E-state index contributed by atoms with van der Waals surface area (Å²) in [6.45, 7) is 0.821. The summed E-state index contributed by atoms with van der Waals surface area (Å²) in [6.07, 6.45) is 2.12. The molecule has 4 amide bonds. The van der Waals surface area contributed by atoms with Crippen LogP contribution in [0.2, 0.25) is 0 Å². The number of primary amides is 1. The highest BCUT2D eigenvalue weighted by Crippen LogP contribution is 2.03. The number of amides is 4. The zero-order valence-corrected chi connectivity index (χ0v) is 16.1. The minimum atomic E-state index is -1.21. The van der Waals surface area contributed by atoms with Crippen LogP contribution in [-0.2, 0) is 24.0 Å². The molecule has 0 aliphatic carbocycles. The molecule has 0 saturated carbocycles. The van der Waals surface area contributed by atoms with E-state index in [1.54, 1.807) is 0 Å². The Balaban J connectivity index is 4.78. The number of aliphatic carboxylic acids is 1. The van der Waals surface area contributed by atoms with Crippen LogP contribution in [0.4, 0.5) is 0 Å². The second-order valence-electron chi connectivity index (χ2n) is 5.80. The summed E-state index contributed by atoms with van der Waals surface area (Å²) in [5.74, 6) is -3.11. The van der Waals surface area contributed by atoms with Gasteiger partial charge in [0.15, 0.2) is 0 Å². The van der Waals surface area contributed by atoms with Crippen molar-refractivity contribution in [3.05, 3.63) is 0 Å². The van der Waals surface area contributed by atoms with E-state index < -0.39 is 54.3 Å². The van der Waals surface area contributed by atoms with Crippen LogP contribution in [0.15, 0.2) is 0 Å². The Kier molecular flexibility index (Phi) is 11.8. The van der Waals surface area contributed by atoms with E-state index in [0.29, 0.717) is 12.2 Å². The number of thioether (sulfide) groups is 1. The molecule has 0 saturated heterocycles. The summed E-state index contributed by atoms with van der Waals surface area (Å²) in [5, 5.41) is 15.6. The summed E-state index contributed by atoms with van der Waals surface area (Å²) in [7, 11) is 0. The van der Waals surface area contributed by atoms with Gasteiger partial charge in [-0.25, -0.2) is 0 Å². The zero-order valence-electron chi connectivity index (χ0n) is 15.3. The largest absolute Gasteiger partial charge is 0.480 e. The molecule has 11 nitrogen and oxygen atoms in total. The normalized spacial score (nSPS) is 13.7. The lowest BCUT2D eigenvalue weighted by Gasteiger charge is -2.22. The van der Waals surface area contributed by atoms with E-state index in [9.17, 15) is 24.0 Å². The van der Waals surface area contributed by atoms with Gasteiger partial charge in [-0.2, -0.15) is 11.8 Å². The molecule has 0 heterocycles. The Bertz CT molecular complexity index is 559. The van der Waals surface area contributed by atoms with E-state index >= 15 is 0 Å². The second kappa shape index (κ2) is 12.9. The Morgan fingerprint density at radius 2 is 1.67 bits per heavy atom. The van der Waals surface area contributed by atoms with Crippen molar-refractivity contribution < 1.29 is 29.1 Å². The first-order valence-electron chi connectivity index (χ1n) is 8.21. The van der Waals surface area contributed by atoms with Crippen LogP contribution in [0, 0.1) is 0 Å². The van der Waals surface area contributed by atoms with Crippen molar-refractivity contribution in [3.63, 3.8) is 0 Å². The third kappa shape index (κ3) is 11.1. The smallest absolute Gasteiger partial charge is 0.322 e. The molecule has 0 aromatic heterocycles. The van der Waals surface area contributed by atoms with E-state index in [1.807, 2.05) is 6.26 Å². The molecule has 154 valence electrons. The molecular weight excluding hydrogens is 378 g/mol. The highest BCUT2D eigenvalue weighted by Gasteiger charge is 2.26. The highest BCUT2D eigenvalue weighted by molar-refractivity contribution is 7.98. The van der Waals surface area contributed by atoms with Crippen LogP contribution in [0.1, 0.15) is 26.2 Å². The molecule has 0 bridgehead atoms. The Labute approximate surface area is 161 Å². The molecule has 0 aliphatic heterocycles. The highest BCUT2D eigenvalue weighted by atomic mass is 32.2. The maximum Gasteiger partial charge on any atom is 0.322 e. The minimum Gasteiger partial charge on any atom is -0.480 e. The second-order valence-corrected chi connectivity index (χ2v) is 6.78. The van der Waals surface area contributed by atoms with Crippen molar-refractivity contribution in [2.75, 3.05) is 18.6 Å². The fourth-order valence-corrected chi connectivity index (χ4v) is 2.38. The number of carboxylic acid groups (broad SMARTS) is 1. The average molecular weight is 405 g/mol. The first kappa shape index (κ1) is 24.7. The third-order valence-corrected chi connectivity index (χ3v) is 4.09. The Morgan fingerprint density at radius 3 is 2.19 bits per heavy atom. The summed E-state index contributed by atoms with van der Waals surface area (Å²) in [6, 6.07) is -2.92. The van der Waals surface area contributed by atoms with Gasteiger partial charge in [0.2, 0.25) is 23.6 Å². The standard InChI is InChI=1S/C15H27N5O6S/c1-8(13(24)18-7-12(22)23)19-15(26)10(5-6-27-2)20-14(25)9(16)3-4-11(17)21/h8-10H,3-7,16H2,1-2H3,(H2,17,21)(H,18,24)(H,19,26)(H,20,25)(H,22,23). The molecule has 0 radical (unpaired) electrons. The van der Waals surface area contributed by atoms with E-state index in [2.05, 4.69) is 16.0 Å². The van der Waals surface area contributed by atoms with Crippen LogP contribution >= 0.6 is 11.8 Å². The fraction of sp³-hybridized carbons (Fsp3) is 0.667. The summed E-state index contributed by atoms with van der Waals surface area (Å²) < 4.78 is 0. The fourth-order valence-electron chi connectivity index (χ4n) is 1.91. The van der Waals surface area contributed by atoms with Gasteiger partial charge in [0.1, 0.15) is 18.6 Å². The van der Waals surface area contributed by atoms with Crippen molar-refractivity contribution in [2.24, 2.45) is 11.5 Å². The molecule has 27 heavy (non-hydrogen) atoms. The minimum absolute atomic E-state index is 0.0476. The van der Waals surface area contributed by atoms with Gasteiger partial charge in [0.25, 0.3) is 0 Å². The maximum atomic E-state index is 12.4. The van der Waals surface area contributed by atoms with Gasteiger partial charge in [-0.1, -0.05) is 0 Å². The topological polar surface area (TPSA) is 194 Å². The average Bonchev–Trinajstić information content (AvgIpc) is 2.60. The predicted octanol–water partition coefficient (Wildman–Crippen LogP) is -2.48. The van der Waals surface area contributed by atoms with Gasteiger partial charge >= 0.3 is 5.97 Å². The summed E-state index contributed by atoms with van der Waals surface area (Å²) in [4.78, 5) is 57.5. The van der Waals surface area contributed by atoms with Crippen molar-refractivity contribution in [2.45, 2.75) is 44.3 Å². The molecular formula is C15H27N5O6S. The van der Waals surface area contributed by atoms with E-state index in [0.717, 1.165) is 0 Å². The van der Waals surface area contributed by atoms with Crippen LogP contribution in [-0.4, -0.2) is 71.4 Å². The van der Waals surface area contributed by atoms with Gasteiger partial charge in [0, 0.05) is 6.42 Å². The first-order valence-corrected chi connectivity index (χ1v) is 9.60. The third-order valence-electron chi connectivity index (χ3n) is 3.45. The van der Waals surface area contributed by atoms with E-state index in [1.165, 1.54) is 18.7 Å². The van der Waals surface area contributed by atoms with Gasteiger partial charge in [-0.15, -0.1) is 0 Å². The van der Waals surface area contributed by atoms with E-state index in [-0.39, 0.29) is 12.8 Å². The molecule has 0 aromatic rings. The lowest BCUT2D eigenvalue weighted by Crippen LogP contribution is -2.55. The summed E-state index contributed by atoms with van der Waals surface area (Å²) in [5.41, 5.74) is 10.7. The monoisotopic (exact) mass is 405 g/mol. The first-order chi connectivity index (χ1) is 12.6. The van der Waals surface area contributed by atoms with Gasteiger partial charge < -0.3 is 32.5 Å². The Hall–Kier alpha value is -2.34. The van der Waals surface area contributed by atoms with Crippen LogP contribution in [0.3, 0.4) is 0 Å². The van der Waals surface area contributed by atoms with E-state index in [4.69, 9.17) is 16.6 Å². The zero-order chi connectivity index (χ0) is 21.0. The molecule has 3 atom stereocenters. The van der Waals surface area contributed by atoms with Crippen LogP contribution < -0.4 is 27.4 Å². The van der Waals surface area contributed by atoms with Crippen molar-refractivity contribution in [3.8, 4) is 0 Å². The van der Waals surface area contributed by atoms with Crippen LogP contribution in [0.5, 0.6) is 0 Å². The molecule has 0 spiro atoms. The number of nitrogens with one attached hydrogen (secondary N) is 3. The number of carbonyl (C=O) groups excluding carboxylic acids is 4. The number of rotatable bonds is 13. The van der Waals surface area contributed by atoms with Gasteiger partial charge in [0.05, 0.1) is 6.04 Å². The van der Waals surface area contributed by atoms with Crippen LogP contribution in [0.25, 0.3) is 0 Å². The number of nitrogens with two attached hydrogens (primary N) is 2. The number of hydrogen-bond acceptors (Lipinski definition) is 7. The molecule has 3 unspecified atom stereocenters. The van der Waals surface area contributed by atoms with Crippen molar-refractivity contribution in [1.29, 1.82) is 0 Å². The molecule has 0 rings (SSSR count). The van der Waals surface area contributed by atoms with Crippen molar-refractivity contribution in [1.82, 2.24) is 16.0 Å². The van der Waals surface area contributed by atoms with Gasteiger partial charge in [-0.3, -0.25) is 24.0 Å². The quantitative estimate of drug-likeness (QED) is 0.194. The molecule has 8 N–H and O–H groups in total. The molecule has 0 fully saturated rings. The number of carboxylic acids is 1. The number of carbonyl (C=O) groups is 5. The SMILES string of the molecule is CSCCC(NC(=O)C(N)CCC(N)=O)C(=O)NC(C)C(=O)NCC(=O)O. The maximum absolute atomic E-state index is 12.4. The van der Waals surface area contributed by atoms with Gasteiger partial charge in [-0.05, 0) is 31.8 Å². The lowest BCUT2D eigenvalue weighted by molar-refractivity contribution is -0.138. The lowest BCUT2D eigenvalue weighted by atomic mass is 10.1. The van der Waals surface area contributed by atoms with Crippen molar-refractivity contribution >= 4 is 41.4 Å². The molecule has 12 heteroatoms. The Morgan fingerprint density at radius 1 is 1.04 bits per heavy atom.